The molecular formula is C46H33N7O7S2. The van der Waals surface area contributed by atoms with E-state index in [1.165, 1.54) is 40.6 Å². The quantitative estimate of drug-likeness (QED) is 0.115. The van der Waals surface area contributed by atoms with Crippen molar-refractivity contribution < 1.29 is 24.2 Å². The molecule has 14 nitrogen and oxygen atoms in total. The van der Waals surface area contributed by atoms with Crippen LogP contribution < -0.4 is 10.9 Å². The van der Waals surface area contributed by atoms with Crippen molar-refractivity contribution in [2.24, 2.45) is 0 Å². The first-order chi connectivity index (χ1) is 30.1. The fourth-order valence-corrected chi connectivity index (χ4v) is 9.63. The first-order valence-electron chi connectivity index (χ1n) is 19.2. The number of carboxylic acid groups (broad SMARTS) is 1. The van der Waals surface area contributed by atoms with E-state index in [2.05, 4.69) is 19.9 Å². The first kappa shape index (κ1) is 39.9. The normalized spacial score (nSPS) is 11.5. The Bertz CT molecular complexity index is 3560. The Morgan fingerprint density at radius 1 is 0.710 bits per heavy atom. The van der Waals surface area contributed by atoms with Gasteiger partial charge >= 0.3 is 11.9 Å². The highest BCUT2D eigenvalue weighted by Crippen LogP contribution is 2.33. The third-order valence-corrected chi connectivity index (χ3v) is 12.4. The predicted octanol–water partition coefficient (Wildman–Crippen LogP) is 8.00. The highest BCUT2D eigenvalue weighted by molar-refractivity contribution is 7.24. The average molecular weight is 860 g/mol. The molecule has 4 aromatic carbocycles. The number of pyridine rings is 2. The maximum Gasteiger partial charge on any atom is 0.345 e. The van der Waals surface area contributed by atoms with E-state index in [9.17, 15) is 29.1 Å². The molecule has 0 saturated carbocycles. The molecule has 0 fully saturated rings. The Kier molecular flexibility index (Phi) is 10.4. The van der Waals surface area contributed by atoms with Gasteiger partial charge in [-0.1, -0.05) is 72.8 Å². The number of esters is 1. The summed E-state index contributed by atoms with van der Waals surface area (Å²) in [5.74, 6) is -1.02. The standard InChI is InChI=1S/C23H18N4O3S.C23H15N3O4S/c1-26(2)12-13-7-9-14(10-8-13)20-24-11-15-19(28)18(23(29)30)22-27(21(15)25-20)16-5-3-4-6-17(16)31-22;1-2-30-23(29)18-19(28)15-11-24-20(14-9-7-13(12-27)8-10-14)25-21(15)26-16-5-3-4-6-17(16)31-22(18)26/h3-11H,12H2,1-2H3,(H,29,30);3-12H,2H2,1H3. The van der Waals surface area contributed by atoms with Crippen LogP contribution in [0.15, 0.2) is 119 Å². The first-order valence-corrected chi connectivity index (χ1v) is 20.9. The van der Waals surface area contributed by atoms with Crippen LogP contribution >= 0.6 is 22.7 Å². The molecular weight excluding hydrogens is 827 g/mol. The van der Waals surface area contributed by atoms with Crippen LogP contribution in [-0.4, -0.2) is 77.7 Å². The number of hydrogen-bond donors (Lipinski definition) is 1. The summed E-state index contributed by atoms with van der Waals surface area (Å²) in [5, 5.41) is 10.1. The van der Waals surface area contributed by atoms with Gasteiger partial charge in [-0.3, -0.25) is 23.2 Å². The van der Waals surface area contributed by atoms with Crippen LogP contribution in [0.3, 0.4) is 0 Å². The van der Waals surface area contributed by atoms with Gasteiger partial charge in [0.05, 0.1) is 37.8 Å². The molecule has 0 saturated heterocycles. The number of thiazole rings is 2. The zero-order valence-corrected chi connectivity index (χ0v) is 34.9. The molecule has 0 aliphatic heterocycles. The van der Waals surface area contributed by atoms with E-state index in [1.807, 2.05) is 91.3 Å². The zero-order chi connectivity index (χ0) is 43.2. The van der Waals surface area contributed by atoms with Gasteiger partial charge in [-0.15, -0.1) is 22.7 Å². The molecule has 0 amide bonds. The number of carboxylic acids is 1. The molecule has 0 radical (unpaired) electrons. The second-order valence-electron chi connectivity index (χ2n) is 14.4. The van der Waals surface area contributed by atoms with Crippen LogP contribution in [0.2, 0.25) is 0 Å². The van der Waals surface area contributed by atoms with Crippen LogP contribution in [0.25, 0.3) is 74.9 Å². The number of carbonyl (C=O) groups is 3. The molecule has 6 heterocycles. The Hall–Kier alpha value is -7.53. The molecule has 62 heavy (non-hydrogen) atoms. The number of aromatic carboxylic acids is 1. The third kappa shape index (κ3) is 6.95. The number of para-hydroxylation sites is 2. The lowest BCUT2D eigenvalue weighted by Crippen LogP contribution is -2.20. The maximum atomic E-state index is 13.2. The summed E-state index contributed by atoms with van der Waals surface area (Å²) in [6.45, 7) is 2.69. The van der Waals surface area contributed by atoms with Gasteiger partial charge in [-0.05, 0) is 50.8 Å². The number of aromatic nitrogens is 6. The van der Waals surface area contributed by atoms with Gasteiger partial charge in [0, 0.05) is 35.6 Å². The minimum atomic E-state index is -1.25. The minimum absolute atomic E-state index is 0.0118. The molecule has 1 N–H and O–H groups in total. The highest BCUT2D eigenvalue weighted by atomic mass is 32.1. The number of hydrogen-bond acceptors (Lipinski definition) is 13. The fourth-order valence-electron chi connectivity index (χ4n) is 7.28. The molecule has 0 aliphatic rings. The van der Waals surface area contributed by atoms with Crippen molar-refractivity contribution in [2.75, 3.05) is 20.7 Å². The van der Waals surface area contributed by atoms with E-state index < -0.39 is 22.8 Å². The third-order valence-electron chi connectivity index (χ3n) is 10.1. The average Bonchev–Trinajstić information content (AvgIpc) is 3.86. The zero-order valence-electron chi connectivity index (χ0n) is 33.2. The van der Waals surface area contributed by atoms with Crippen molar-refractivity contribution in [1.29, 1.82) is 0 Å². The maximum absolute atomic E-state index is 13.2. The summed E-state index contributed by atoms with van der Waals surface area (Å²) >= 11 is 2.61. The summed E-state index contributed by atoms with van der Waals surface area (Å²) in [6.07, 6.45) is 3.64. The van der Waals surface area contributed by atoms with Gasteiger partial charge in [-0.2, -0.15) is 0 Å². The van der Waals surface area contributed by atoms with Crippen molar-refractivity contribution >= 4 is 93.1 Å². The van der Waals surface area contributed by atoms with Crippen LogP contribution in [0.4, 0.5) is 0 Å². The van der Waals surface area contributed by atoms with E-state index >= 15 is 0 Å². The van der Waals surface area contributed by atoms with E-state index in [0.717, 1.165) is 38.8 Å². The number of benzene rings is 4. The fraction of sp³-hybridized carbons (Fsp3) is 0.109. The number of fused-ring (bicyclic) bond motifs is 10. The molecule has 0 bridgehead atoms. The van der Waals surface area contributed by atoms with E-state index in [4.69, 9.17) is 9.72 Å². The van der Waals surface area contributed by atoms with Gasteiger partial charge in [0.1, 0.15) is 27.1 Å². The van der Waals surface area contributed by atoms with E-state index in [-0.39, 0.29) is 28.5 Å². The molecule has 10 aromatic rings. The summed E-state index contributed by atoms with van der Waals surface area (Å²) in [7, 11) is 4.03. The lowest BCUT2D eigenvalue weighted by molar-refractivity contribution is 0.0526. The molecule has 306 valence electrons. The van der Waals surface area contributed by atoms with Gasteiger partial charge in [0.2, 0.25) is 10.9 Å². The monoisotopic (exact) mass is 859 g/mol. The topological polar surface area (TPSA) is 178 Å². The Balaban J connectivity index is 0.000000158. The molecule has 0 aliphatic carbocycles. The number of rotatable bonds is 8. The lowest BCUT2D eigenvalue weighted by Gasteiger charge is -2.10. The Labute approximate surface area is 358 Å². The SMILES string of the molecule is CCOC(=O)c1c(=O)c2cnc(-c3ccc(C=O)cc3)nc2n2c1sc1ccccc12.CN(C)Cc1ccc(-c2ncc3c(=O)c(C(=O)O)c4sc5ccccc5n4c3n2)cc1. The van der Waals surface area contributed by atoms with Crippen LogP contribution in [0.5, 0.6) is 0 Å². The van der Waals surface area contributed by atoms with Crippen molar-refractivity contribution in [3.63, 3.8) is 0 Å². The Morgan fingerprint density at radius 3 is 1.68 bits per heavy atom. The van der Waals surface area contributed by atoms with Crippen molar-refractivity contribution in [2.45, 2.75) is 13.5 Å². The molecule has 6 aromatic heterocycles. The molecule has 0 atom stereocenters. The van der Waals surface area contributed by atoms with Gasteiger partial charge in [-0.25, -0.2) is 29.5 Å². The second-order valence-corrected chi connectivity index (χ2v) is 16.5. The van der Waals surface area contributed by atoms with Crippen LogP contribution in [0, 0.1) is 0 Å². The lowest BCUT2D eigenvalue weighted by atomic mass is 10.1. The molecule has 16 heteroatoms. The minimum Gasteiger partial charge on any atom is -0.477 e. The van der Waals surface area contributed by atoms with E-state index in [0.29, 0.717) is 43.7 Å². The number of aldehydes is 1. The van der Waals surface area contributed by atoms with E-state index in [1.54, 1.807) is 35.6 Å². The number of nitrogens with zero attached hydrogens (tertiary/aromatic N) is 7. The van der Waals surface area contributed by atoms with Gasteiger partial charge in [0.25, 0.3) is 0 Å². The molecule has 10 rings (SSSR count). The van der Waals surface area contributed by atoms with Gasteiger partial charge in [0.15, 0.2) is 22.9 Å². The molecule has 0 unspecified atom stereocenters. The largest absolute Gasteiger partial charge is 0.477 e. The molecule has 0 spiro atoms. The number of ether oxygens (including phenoxy) is 1. The smallest absolute Gasteiger partial charge is 0.345 e. The summed E-state index contributed by atoms with van der Waals surface area (Å²) < 4.78 is 10.5. The highest BCUT2D eigenvalue weighted by Gasteiger charge is 2.25. The summed E-state index contributed by atoms with van der Waals surface area (Å²) in [4.78, 5) is 82.8. The van der Waals surface area contributed by atoms with Crippen molar-refractivity contribution in [3.05, 3.63) is 152 Å². The predicted molar refractivity (Wildman–Crippen MR) is 241 cm³/mol. The van der Waals surface area contributed by atoms with Crippen LogP contribution in [0.1, 0.15) is 43.6 Å². The summed E-state index contributed by atoms with van der Waals surface area (Å²) in [6, 6.07) is 30.0. The Morgan fingerprint density at radius 2 is 1.19 bits per heavy atom. The van der Waals surface area contributed by atoms with Crippen molar-refractivity contribution in [1.82, 2.24) is 33.6 Å². The van der Waals surface area contributed by atoms with Crippen LogP contribution in [-0.2, 0) is 11.3 Å². The second kappa shape index (κ2) is 16.2. The summed E-state index contributed by atoms with van der Waals surface area (Å²) in [5.41, 5.74) is 4.43. The van der Waals surface area contributed by atoms with Gasteiger partial charge < -0.3 is 14.7 Å². The van der Waals surface area contributed by atoms with Crippen molar-refractivity contribution in [3.8, 4) is 22.8 Å². The number of carbonyl (C=O) groups excluding carboxylic acids is 2.